The lowest BCUT2D eigenvalue weighted by atomic mass is 10.2. The summed E-state index contributed by atoms with van der Waals surface area (Å²) in [6, 6.07) is -0.393. The van der Waals surface area contributed by atoms with E-state index in [0.29, 0.717) is 0 Å². The highest BCUT2D eigenvalue weighted by atomic mass is 16.4. The zero-order valence-corrected chi connectivity index (χ0v) is 8.01. The highest BCUT2D eigenvalue weighted by Crippen LogP contribution is 2.03. The summed E-state index contributed by atoms with van der Waals surface area (Å²) in [7, 11) is 0. The first-order chi connectivity index (χ1) is 6.47. The van der Waals surface area contributed by atoms with E-state index in [1.807, 2.05) is 0 Å². The molecule has 6 heteroatoms. The third-order valence-corrected chi connectivity index (χ3v) is 1.82. The molecule has 0 amide bonds. The molecule has 1 unspecified atom stereocenters. The molecule has 0 fully saturated rings. The van der Waals surface area contributed by atoms with Crippen molar-refractivity contribution in [2.24, 2.45) is 0 Å². The van der Waals surface area contributed by atoms with Crippen LogP contribution in [0, 0.1) is 0 Å². The number of nitrogens with zero attached hydrogens (tertiary/aromatic N) is 1. The van der Waals surface area contributed by atoms with Gasteiger partial charge in [-0.1, -0.05) is 0 Å². The first-order valence-electron chi connectivity index (χ1n) is 4.26. The lowest BCUT2D eigenvalue weighted by Crippen LogP contribution is -2.40. The molecule has 3 N–H and O–H groups in total. The molecule has 0 aromatic rings. The van der Waals surface area contributed by atoms with Crippen LogP contribution in [0.1, 0.15) is 13.3 Å². The molecule has 0 aliphatic rings. The van der Waals surface area contributed by atoms with Gasteiger partial charge in [-0.3, -0.25) is 14.5 Å². The molecule has 6 nitrogen and oxygen atoms in total. The normalized spacial score (nSPS) is 12.8. The van der Waals surface area contributed by atoms with Crippen molar-refractivity contribution < 1.29 is 24.9 Å². The van der Waals surface area contributed by atoms with E-state index in [1.165, 1.54) is 4.90 Å². The molecule has 0 bridgehead atoms. The Balaban J connectivity index is 4.16. The Labute approximate surface area is 81.8 Å². The van der Waals surface area contributed by atoms with Crippen LogP contribution in [0.15, 0.2) is 0 Å². The van der Waals surface area contributed by atoms with Gasteiger partial charge in [0.1, 0.15) is 0 Å². The maximum atomic E-state index is 10.4. The summed E-state index contributed by atoms with van der Waals surface area (Å²) in [5.74, 6) is -2.01. The largest absolute Gasteiger partial charge is 0.481 e. The molecule has 0 saturated heterocycles. The van der Waals surface area contributed by atoms with Crippen molar-refractivity contribution >= 4 is 11.9 Å². The molecule has 0 aromatic heterocycles. The minimum atomic E-state index is -1.03. The maximum absolute atomic E-state index is 10.4. The Hall–Kier alpha value is -1.14. The van der Waals surface area contributed by atoms with Gasteiger partial charge in [-0.2, -0.15) is 0 Å². The molecule has 14 heavy (non-hydrogen) atoms. The van der Waals surface area contributed by atoms with Crippen LogP contribution >= 0.6 is 0 Å². The minimum Gasteiger partial charge on any atom is -0.481 e. The molecule has 0 saturated carbocycles. The van der Waals surface area contributed by atoms with E-state index in [9.17, 15) is 9.59 Å². The van der Waals surface area contributed by atoms with Crippen molar-refractivity contribution in [1.29, 1.82) is 0 Å². The predicted molar refractivity (Wildman–Crippen MR) is 48.0 cm³/mol. The van der Waals surface area contributed by atoms with E-state index in [4.69, 9.17) is 15.3 Å². The van der Waals surface area contributed by atoms with Crippen molar-refractivity contribution in [3.05, 3.63) is 0 Å². The van der Waals surface area contributed by atoms with E-state index in [1.54, 1.807) is 6.92 Å². The van der Waals surface area contributed by atoms with Crippen molar-refractivity contribution in [3.8, 4) is 0 Å². The summed E-state index contributed by atoms with van der Waals surface area (Å²) in [4.78, 5) is 22.2. The van der Waals surface area contributed by atoms with Crippen LogP contribution in [-0.4, -0.2) is 57.9 Å². The molecule has 0 radical (unpaired) electrons. The zero-order valence-electron chi connectivity index (χ0n) is 8.01. The van der Waals surface area contributed by atoms with Gasteiger partial charge in [0, 0.05) is 12.6 Å². The molecule has 0 aliphatic heterocycles. The smallest absolute Gasteiger partial charge is 0.317 e. The van der Waals surface area contributed by atoms with Gasteiger partial charge in [0.15, 0.2) is 0 Å². The summed E-state index contributed by atoms with van der Waals surface area (Å²) < 4.78 is 0. The van der Waals surface area contributed by atoms with Gasteiger partial charge in [-0.15, -0.1) is 0 Å². The van der Waals surface area contributed by atoms with Crippen LogP contribution < -0.4 is 0 Å². The van der Waals surface area contributed by atoms with Gasteiger partial charge in [0.05, 0.1) is 19.6 Å². The van der Waals surface area contributed by atoms with Crippen LogP contribution in [-0.2, 0) is 9.59 Å². The molecule has 82 valence electrons. The van der Waals surface area contributed by atoms with Crippen LogP contribution in [0.4, 0.5) is 0 Å². The first kappa shape index (κ1) is 12.9. The number of rotatable bonds is 7. The second kappa shape index (κ2) is 6.33. The summed E-state index contributed by atoms with van der Waals surface area (Å²) in [5, 5.41) is 25.7. The Morgan fingerprint density at radius 2 is 1.86 bits per heavy atom. The predicted octanol–water partition coefficient (Wildman–Crippen LogP) is -0.771. The van der Waals surface area contributed by atoms with E-state index in [0.717, 1.165) is 0 Å². The van der Waals surface area contributed by atoms with Crippen LogP contribution in [0.2, 0.25) is 0 Å². The number of hydrogen-bond donors (Lipinski definition) is 3. The SMILES string of the molecule is CC(CC(=O)O)N(CCO)CC(=O)O. The summed E-state index contributed by atoms with van der Waals surface area (Å²) in [6.45, 7) is 1.35. The lowest BCUT2D eigenvalue weighted by molar-refractivity contribution is -0.142. The van der Waals surface area contributed by atoms with Crippen molar-refractivity contribution in [3.63, 3.8) is 0 Å². The van der Waals surface area contributed by atoms with Crippen molar-refractivity contribution in [2.75, 3.05) is 19.7 Å². The maximum Gasteiger partial charge on any atom is 0.317 e. The summed E-state index contributed by atoms with van der Waals surface area (Å²) >= 11 is 0. The first-order valence-corrected chi connectivity index (χ1v) is 4.26. The van der Waals surface area contributed by atoms with Gasteiger partial charge in [-0.05, 0) is 6.92 Å². The average molecular weight is 205 g/mol. The minimum absolute atomic E-state index is 0.132. The van der Waals surface area contributed by atoms with Gasteiger partial charge in [0.25, 0.3) is 0 Å². The highest BCUT2D eigenvalue weighted by Gasteiger charge is 2.18. The molecular weight excluding hydrogens is 190 g/mol. The number of carbonyl (C=O) groups is 2. The average Bonchev–Trinajstić information content (AvgIpc) is 2.01. The van der Waals surface area contributed by atoms with Gasteiger partial charge >= 0.3 is 11.9 Å². The van der Waals surface area contributed by atoms with Crippen LogP contribution in [0.3, 0.4) is 0 Å². The number of aliphatic hydroxyl groups is 1. The van der Waals surface area contributed by atoms with E-state index in [2.05, 4.69) is 0 Å². The molecule has 1 atom stereocenters. The monoisotopic (exact) mass is 205 g/mol. The number of hydrogen-bond acceptors (Lipinski definition) is 4. The fourth-order valence-corrected chi connectivity index (χ4v) is 1.14. The summed E-state index contributed by atoms with van der Waals surface area (Å²) in [6.07, 6.45) is -0.132. The Kier molecular flexibility index (Phi) is 5.82. The third-order valence-electron chi connectivity index (χ3n) is 1.82. The van der Waals surface area contributed by atoms with Gasteiger partial charge in [0.2, 0.25) is 0 Å². The standard InChI is InChI=1S/C8H15NO5/c1-6(4-7(11)12)9(2-3-10)5-8(13)14/h6,10H,2-5H2,1H3,(H,11,12)(H,13,14). The van der Waals surface area contributed by atoms with Gasteiger partial charge < -0.3 is 15.3 Å². The van der Waals surface area contributed by atoms with Gasteiger partial charge in [-0.25, -0.2) is 0 Å². The quantitative estimate of drug-likeness (QED) is 0.504. The molecule has 0 aromatic carbocycles. The number of aliphatic carboxylic acids is 2. The fourth-order valence-electron chi connectivity index (χ4n) is 1.14. The number of carboxylic acids is 2. The second-order valence-corrected chi connectivity index (χ2v) is 3.03. The third kappa shape index (κ3) is 5.50. The topological polar surface area (TPSA) is 98.1 Å². The molecule has 0 heterocycles. The summed E-state index contributed by atoms with van der Waals surface area (Å²) in [5.41, 5.74) is 0. The zero-order chi connectivity index (χ0) is 11.1. The fraction of sp³-hybridized carbons (Fsp3) is 0.750. The molecule has 0 aliphatic carbocycles. The lowest BCUT2D eigenvalue weighted by Gasteiger charge is -2.25. The molecule has 0 spiro atoms. The Morgan fingerprint density at radius 3 is 2.21 bits per heavy atom. The highest BCUT2D eigenvalue weighted by molar-refractivity contribution is 5.70. The van der Waals surface area contributed by atoms with Crippen molar-refractivity contribution in [2.45, 2.75) is 19.4 Å². The van der Waals surface area contributed by atoms with Crippen LogP contribution in [0.5, 0.6) is 0 Å². The Bertz CT molecular complexity index is 206. The van der Waals surface area contributed by atoms with E-state index < -0.39 is 18.0 Å². The number of carboxylic acid groups (broad SMARTS) is 2. The molecule has 0 rings (SSSR count). The van der Waals surface area contributed by atoms with E-state index >= 15 is 0 Å². The van der Waals surface area contributed by atoms with E-state index in [-0.39, 0.29) is 26.1 Å². The van der Waals surface area contributed by atoms with Crippen molar-refractivity contribution in [1.82, 2.24) is 4.90 Å². The number of aliphatic hydroxyl groups excluding tert-OH is 1. The Morgan fingerprint density at radius 1 is 1.29 bits per heavy atom. The second-order valence-electron chi connectivity index (χ2n) is 3.03. The molecular formula is C8H15NO5. The van der Waals surface area contributed by atoms with Crippen LogP contribution in [0.25, 0.3) is 0 Å².